The van der Waals surface area contributed by atoms with Gasteiger partial charge in [0, 0.05) is 0 Å². The maximum atomic E-state index is 6.33. The van der Waals surface area contributed by atoms with Crippen molar-refractivity contribution in [2.45, 2.75) is 38.0 Å². The Hall–Kier alpha value is -1.64. The molecule has 0 spiro atoms. The van der Waals surface area contributed by atoms with Crippen molar-refractivity contribution in [2.75, 3.05) is 0 Å². The van der Waals surface area contributed by atoms with Gasteiger partial charge in [0.05, 0.1) is 0 Å². The Morgan fingerprint density at radius 2 is 1.29 bits per heavy atom. The predicted molar refractivity (Wildman–Crippen MR) is 85.7 cm³/mol. The van der Waals surface area contributed by atoms with Crippen molar-refractivity contribution in [1.29, 1.82) is 0 Å². The molecule has 1 aliphatic rings. The van der Waals surface area contributed by atoms with Crippen molar-refractivity contribution < 1.29 is 4.74 Å². The Morgan fingerprint density at radius 3 is 1.76 bits per heavy atom. The zero-order valence-electron chi connectivity index (χ0n) is 12.3. The zero-order chi connectivity index (χ0) is 14.5. The van der Waals surface area contributed by atoms with Crippen LogP contribution in [0.15, 0.2) is 60.7 Å². The molecule has 2 aromatic carbocycles. The minimum atomic E-state index is -0.182. The van der Waals surface area contributed by atoms with Gasteiger partial charge in [-0.05, 0) is 29.9 Å². The van der Waals surface area contributed by atoms with E-state index in [1.54, 1.807) is 0 Å². The summed E-state index contributed by atoms with van der Waals surface area (Å²) in [6, 6.07) is 20.7. The lowest BCUT2D eigenvalue weighted by atomic mass is 10.0. The number of nitrogens with two attached hydrogens (primary N) is 1. The van der Waals surface area contributed by atoms with Crippen LogP contribution in [0, 0.1) is 5.92 Å². The van der Waals surface area contributed by atoms with Crippen LogP contribution < -0.4 is 5.73 Å². The Kier molecular flexibility index (Phi) is 4.69. The number of rotatable bonds is 5. The molecule has 1 atom stereocenters. The lowest BCUT2D eigenvalue weighted by molar-refractivity contribution is -0.0210. The molecular formula is C19H23NO. The predicted octanol–water partition coefficient (Wildman–Crippen LogP) is 4.27. The molecule has 2 heteroatoms. The van der Waals surface area contributed by atoms with Gasteiger partial charge in [-0.2, -0.15) is 0 Å². The molecule has 2 aromatic rings. The quantitative estimate of drug-likeness (QED) is 0.831. The lowest BCUT2D eigenvalue weighted by Gasteiger charge is -2.26. The van der Waals surface area contributed by atoms with Gasteiger partial charge in [0.15, 0.2) is 0 Å². The third-order valence-electron chi connectivity index (χ3n) is 4.36. The molecule has 0 aromatic heterocycles. The second-order valence-corrected chi connectivity index (χ2v) is 5.85. The van der Waals surface area contributed by atoms with E-state index in [1.165, 1.54) is 25.7 Å². The molecule has 1 unspecified atom stereocenters. The molecule has 0 saturated heterocycles. The first kappa shape index (κ1) is 14.3. The van der Waals surface area contributed by atoms with Crippen LogP contribution in [0.4, 0.5) is 0 Å². The molecule has 0 aliphatic heterocycles. The summed E-state index contributed by atoms with van der Waals surface area (Å²) in [7, 11) is 0. The summed E-state index contributed by atoms with van der Waals surface area (Å²) in [6.45, 7) is 0. The van der Waals surface area contributed by atoms with Crippen molar-refractivity contribution >= 4 is 0 Å². The largest absolute Gasteiger partial charge is 0.351 e. The van der Waals surface area contributed by atoms with Gasteiger partial charge in [-0.1, -0.05) is 73.5 Å². The van der Waals surface area contributed by atoms with E-state index in [0.717, 1.165) is 11.1 Å². The van der Waals surface area contributed by atoms with Gasteiger partial charge in [0.1, 0.15) is 12.3 Å². The maximum Gasteiger partial charge on any atom is 0.110 e. The van der Waals surface area contributed by atoms with Crippen molar-refractivity contribution in [2.24, 2.45) is 11.7 Å². The molecule has 1 aliphatic carbocycles. The van der Waals surface area contributed by atoms with Gasteiger partial charge in [-0.25, -0.2) is 0 Å². The number of hydrogen-bond acceptors (Lipinski definition) is 2. The highest BCUT2D eigenvalue weighted by molar-refractivity contribution is 5.29. The van der Waals surface area contributed by atoms with Gasteiger partial charge < -0.3 is 10.5 Å². The average Bonchev–Trinajstić information content (AvgIpc) is 3.09. The van der Waals surface area contributed by atoms with E-state index >= 15 is 0 Å². The van der Waals surface area contributed by atoms with Crippen LogP contribution in [0.1, 0.15) is 42.9 Å². The molecule has 1 fully saturated rings. The van der Waals surface area contributed by atoms with E-state index in [4.69, 9.17) is 10.5 Å². The highest BCUT2D eigenvalue weighted by Crippen LogP contribution is 2.32. The summed E-state index contributed by atoms with van der Waals surface area (Å²) >= 11 is 0. The van der Waals surface area contributed by atoms with Gasteiger partial charge in [0.2, 0.25) is 0 Å². The summed E-state index contributed by atoms with van der Waals surface area (Å²) in [5, 5.41) is 0. The molecule has 2 N–H and O–H groups in total. The van der Waals surface area contributed by atoms with Gasteiger partial charge in [-0.15, -0.1) is 0 Å². The molecule has 110 valence electrons. The monoisotopic (exact) mass is 281 g/mol. The standard InChI is InChI=1S/C19H23NO/c20-19(17-13-7-8-14-17)21-18(15-9-3-1-4-10-15)16-11-5-2-6-12-16/h1-6,9-12,17-19H,7-8,13-14,20H2. The normalized spacial score (nSPS) is 17.2. The molecule has 0 amide bonds. The molecule has 3 rings (SSSR count). The van der Waals surface area contributed by atoms with Crippen LogP contribution in [0.25, 0.3) is 0 Å². The fourth-order valence-electron chi connectivity index (χ4n) is 3.16. The first-order chi connectivity index (χ1) is 10.3. The van der Waals surface area contributed by atoms with Crippen molar-refractivity contribution in [3.8, 4) is 0 Å². The second-order valence-electron chi connectivity index (χ2n) is 5.85. The van der Waals surface area contributed by atoms with E-state index in [0.29, 0.717) is 5.92 Å². The topological polar surface area (TPSA) is 35.2 Å². The molecule has 0 heterocycles. The Bertz CT molecular complexity index is 495. The highest BCUT2D eigenvalue weighted by Gasteiger charge is 2.26. The molecule has 0 bridgehead atoms. The van der Waals surface area contributed by atoms with Crippen molar-refractivity contribution in [3.63, 3.8) is 0 Å². The number of benzene rings is 2. The van der Waals surface area contributed by atoms with Crippen LogP contribution in [-0.2, 0) is 4.74 Å². The van der Waals surface area contributed by atoms with E-state index in [-0.39, 0.29) is 12.3 Å². The molecule has 2 nitrogen and oxygen atoms in total. The molecular weight excluding hydrogens is 258 g/mol. The highest BCUT2D eigenvalue weighted by atomic mass is 16.5. The average molecular weight is 281 g/mol. The van der Waals surface area contributed by atoms with Crippen molar-refractivity contribution in [1.82, 2.24) is 0 Å². The van der Waals surface area contributed by atoms with Crippen LogP contribution in [0.3, 0.4) is 0 Å². The summed E-state index contributed by atoms with van der Waals surface area (Å²) in [6.07, 6.45) is 4.68. The van der Waals surface area contributed by atoms with Crippen LogP contribution in [0.5, 0.6) is 0 Å². The Balaban J connectivity index is 1.82. The van der Waals surface area contributed by atoms with E-state index in [1.807, 2.05) is 12.1 Å². The molecule has 1 saturated carbocycles. The third kappa shape index (κ3) is 3.52. The molecule has 0 radical (unpaired) electrons. The van der Waals surface area contributed by atoms with E-state index in [9.17, 15) is 0 Å². The first-order valence-electron chi connectivity index (χ1n) is 7.85. The van der Waals surface area contributed by atoms with E-state index in [2.05, 4.69) is 48.5 Å². The fourth-order valence-corrected chi connectivity index (χ4v) is 3.16. The van der Waals surface area contributed by atoms with Crippen LogP contribution in [-0.4, -0.2) is 6.23 Å². The summed E-state index contributed by atoms with van der Waals surface area (Å²) < 4.78 is 6.28. The number of ether oxygens (including phenoxy) is 1. The SMILES string of the molecule is NC(OC(c1ccccc1)c1ccccc1)C1CCCC1. The van der Waals surface area contributed by atoms with Crippen molar-refractivity contribution in [3.05, 3.63) is 71.8 Å². The van der Waals surface area contributed by atoms with Gasteiger partial charge in [0.25, 0.3) is 0 Å². The number of hydrogen-bond donors (Lipinski definition) is 1. The molecule has 21 heavy (non-hydrogen) atoms. The Labute approximate surface area is 126 Å². The van der Waals surface area contributed by atoms with Crippen LogP contribution >= 0.6 is 0 Å². The smallest absolute Gasteiger partial charge is 0.110 e. The minimum Gasteiger partial charge on any atom is -0.351 e. The van der Waals surface area contributed by atoms with Gasteiger partial charge in [-0.3, -0.25) is 0 Å². The van der Waals surface area contributed by atoms with Gasteiger partial charge >= 0.3 is 0 Å². The van der Waals surface area contributed by atoms with Crippen LogP contribution in [0.2, 0.25) is 0 Å². The second kappa shape index (κ2) is 6.88. The minimum absolute atomic E-state index is 0.0806. The summed E-state index contributed by atoms with van der Waals surface area (Å²) in [5.41, 5.74) is 8.66. The summed E-state index contributed by atoms with van der Waals surface area (Å²) in [5.74, 6) is 0.500. The first-order valence-corrected chi connectivity index (χ1v) is 7.85. The maximum absolute atomic E-state index is 6.33. The summed E-state index contributed by atoms with van der Waals surface area (Å²) in [4.78, 5) is 0. The Morgan fingerprint density at radius 1 is 0.810 bits per heavy atom. The van der Waals surface area contributed by atoms with E-state index < -0.39 is 0 Å². The zero-order valence-corrected chi connectivity index (χ0v) is 12.3. The lowest BCUT2D eigenvalue weighted by Crippen LogP contribution is -2.33. The third-order valence-corrected chi connectivity index (χ3v) is 4.36. The fraction of sp³-hybridized carbons (Fsp3) is 0.368.